The number of aryl methyl sites for hydroxylation is 1. The zero-order valence-corrected chi connectivity index (χ0v) is 23.5. The minimum atomic E-state index is -1.44. The highest BCUT2D eigenvalue weighted by molar-refractivity contribution is 5.50. The van der Waals surface area contributed by atoms with Gasteiger partial charge in [0.05, 0.1) is 25.9 Å². The lowest BCUT2D eigenvalue weighted by molar-refractivity contribution is -0.229. The minimum absolute atomic E-state index is 0.0325. The number of ether oxygens (including phenoxy) is 2. The fourth-order valence-corrected chi connectivity index (χ4v) is 6.50. The fourth-order valence-electron chi connectivity index (χ4n) is 6.50. The summed E-state index contributed by atoms with van der Waals surface area (Å²) in [5.41, 5.74) is 0.159. The maximum atomic E-state index is 15.1. The predicted octanol–water partition coefficient (Wildman–Crippen LogP) is 2.24. The van der Waals surface area contributed by atoms with Crippen LogP contribution >= 0.6 is 0 Å². The Kier molecular flexibility index (Phi) is 7.69. The molecule has 1 aromatic heterocycles. The maximum Gasteiger partial charge on any atom is 0.335 e. The summed E-state index contributed by atoms with van der Waals surface area (Å²) in [7, 11) is 0. The van der Waals surface area contributed by atoms with Crippen molar-refractivity contribution in [3.63, 3.8) is 0 Å². The summed E-state index contributed by atoms with van der Waals surface area (Å²) in [5, 5.41) is 21.0. The molecular weight excluding hydrogens is 534 g/mol. The van der Waals surface area contributed by atoms with Crippen LogP contribution in [0.4, 0.5) is 0 Å². The Balaban J connectivity index is 1.73. The number of hydrogen-bond donors (Lipinski definition) is 2. The van der Waals surface area contributed by atoms with Crippen molar-refractivity contribution in [2.24, 2.45) is 0 Å². The number of nitrogens with zero attached hydrogens (tertiary/aromatic N) is 3. The first kappa shape index (κ1) is 28.3. The van der Waals surface area contributed by atoms with Crippen LogP contribution in [0.3, 0.4) is 0 Å². The van der Waals surface area contributed by atoms with Crippen LogP contribution < -0.4 is 11.2 Å². The third-order valence-corrected chi connectivity index (χ3v) is 8.48. The monoisotopic (exact) mass is 569 g/mol. The standard InChI is InChI=1S/C33H35N3O6/c1-24-22-35(32(34-17-19-41-20-18-34)21-28(38)29(23-37)42-32)31(40)36(30(24)39)33(25-11-5-2-6-12-25,26-13-7-3-8-14-26)27-15-9-4-10-16-27/h2-16,22,28-29,37-38H,17-21,23H2,1H3/t28-,29+,32-/m0/s1. The lowest BCUT2D eigenvalue weighted by Crippen LogP contribution is -2.62. The summed E-state index contributed by atoms with van der Waals surface area (Å²) in [6.07, 6.45) is -0.366. The Bertz CT molecular complexity index is 1540. The topological polar surface area (TPSA) is 106 Å². The Morgan fingerprint density at radius 2 is 1.36 bits per heavy atom. The van der Waals surface area contributed by atoms with E-state index in [1.165, 1.54) is 15.3 Å². The second kappa shape index (κ2) is 11.4. The number of rotatable bonds is 7. The molecule has 2 aliphatic rings. The number of aromatic nitrogens is 2. The Hall–Kier alpha value is -3.86. The van der Waals surface area contributed by atoms with Crippen LogP contribution in [0.5, 0.6) is 0 Å². The number of hydrogen-bond acceptors (Lipinski definition) is 7. The van der Waals surface area contributed by atoms with E-state index in [1.54, 1.807) is 6.92 Å². The number of aliphatic hydroxyl groups excluding tert-OH is 2. The lowest BCUT2D eigenvalue weighted by Gasteiger charge is -2.44. The first-order valence-electron chi connectivity index (χ1n) is 14.3. The normalized spacial score (nSPS) is 23.2. The second-order valence-electron chi connectivity index (χ2n) is 10.9. The predicted molar refractivity (Wildman–Crippen MR) is 157 cm³/mol. The quantitative estimate of drug-likeness (QED) is 0.329. The van der Waals surface area contributed by atoms with Crippen LogP contribution in [0, 0.1) is 6.92 Å². The van der Waals surface area contributed by atoms with Crippen LogP contribution in [-0.2, 0) is 20.9 Å². The summed E-state index contributed by atoms with van der Waals surface area (Å²) in [6, 6.07) is 28.6. The van der Waals surface area contributed by atoms with Crippen molar-refractivity contribution >= 4 is 0 Å². The van der Waals surface area contributed by atoms with Crippen molar-refractivity contribution < 1.29 is 19.7 Å². The highest BCUT2D eigenvalue weighted by Crippen LogP contribution is 2.41. The summed E-state index contributed by atoms with van der Waals surface area (Å²) in [6.45, 7) is 2.99. The second-order valence-corrected chi connectivity index (χ2v) is 10.9. The molecule has 0 unspecified atom stereocenters. The Morgan fingerprint density at radius 3 is 1.81 bits per heavy atom. The van der Waals surface area contributed by atoms with Gasteiger partial charge in [0.15, 0.2) is 0 Å². The first-order valence-corrected chi connectivity index (χ1v) is 14.3. The molecule has 4 aromatic rings. The van der Waals surface area contributed by atoms with Gasteiger partial charge in [-0.05, 0) is 23.6 Å². The van der Waals surface area contributed by atoms with Gasteiger partial charge in [-0.1, -0.05) is 91.0 Å². The Morgan fingerprint density at radius 1 is 0.857 bits per heavy atom. The molecule has 3 heterocycles. The molecule has 0 spiro atoms. The molecule has 218 valence electrons. The van der Waals surface area contributed by atoms with E-state index in [4.69, 9.17) is 9.47 Å². The third kappa shape index (κ3) is 4.45. The van der Waals surface area contributed by atoms with Gasteiger partial charge in [-0.2, -0.15) is 0 Å². The van der Waals surface area contributed by atoms with Gasteiger partial charge >= 0.3 is 5.69 Å². The Labute approximate surface area is 243 Å². The number of benzene rings is 3. The molecule has 2 N–H and O–H groups in total. The van der Waals surface area contributed by atoms with Crippen LogP contribution in [0.25, 0.3) is 0 Å². The third-order valence-electron chi connectivity index (χ3n) is 8.48. The lowest BCUT2D eigenvalue weighted by atomic mass is 9.76. The molecule has 0 amide bonds. The van der Waals surface area contributed by atoms with Gasteiger partial charge in [0.2, 0.25) is 5.85 Å². The molecule has 42 heavy (non-hydrogen) atoms. The molecule has 2 fully saturated rings. The van der Waals surface area contributed by atoms with Crippen molar-refractivity contribution in [1.29, 1.82) is 0 Å². The van der Waals surface area contributed by atoms with E-state index in [-0.39, 0.29) is 6.42 Å². The van der Waals surface area contributed by atoms with E-state index >= 15 is 4.79 Å². The summed E-state index contributed by atoms with van der Waals surface area (Å²) >= 11 is 0. The SMILES string of the molecule is Cc1cn([C@@]2(N3CCOCC3)C[C@H](O)[C@@H](CO)O2)c(=O)n(C(c2ccccc2)(c2ccccc2)c2ccccc2)c1=O. The van der Waals surface area contributed by atoms with Crippen LogP contribution in [0.15, 0.2) is 107 Å². The molecule has 2 aliphatic heterocycles. The van der Waals surface area contributed by atoms with Crippen LogP contribution in [0.1, 0.15) is 28.7 Å². The zero-order valence-electron chi connectivity index (χ0n) is 23.5. The summed E-state index contributed by atoms with van der Waals surface area (Å²) in [5.74, 6) is -1.44. The first-order chi connectivity index (χ1) is 20.4. The molecule has 0 radical (unpaired) electrons. The van der Waals surface area contributed by atoms with E-state index in [9.17, 15) is 15.0 Å². The van der Waals surface area contributed by atoms with E-state index in [0.29, 0.717) is 31.9 Å². The van der Waals surface area contributed by atoms with Crippen LogP contribution in [-0.4, -0.2) is 69.4 Å². The van der Waals surface area contributed by atoms with Crippen molar-refractivity contribution in [2.45, 2.75) is 36.9 Å². The van der Waals surface area contributed by atoms with E-state index in [1.807, 2.05) is 95.9 Å². The molecule has 0 saturated carbocycles. The number of morpholine rings is 1. The van der Waals surface area contributed by atoms with Gasteiger partial charge in [-0.15, -0.1) is 0 Å². The van der Waals surface area contributed by atoms with Crippen molar-refractivity contribution in [3.8, 4) is 0 Å². The van der Waals surface area contributed by atoms with Gasteiger partial charge in [0, 0.05) is 31.3 Å². The van der Waals surface area contributed by atoms with Gasteiger partial charge in [-0.3, -0.25) is 14.3 Å². The van der Waals surface area contributed by atoms with Gasteiger partial charge < -0.3 is 19.7 Å². The van der Waals surface area contributed by atoms with Crippen molar-refractivity contribution in [3.05, 3.63) is 140 Å². The van der Waals surface area contributed by atoms with Gasteiger partial charge in [0.25, 0.3) is 5.56 Å². The smallest absolute Gasteiger partial charge is 0.335 e. The molecule has 0 aliphatic carbocycles. The average molecular weight is 570 g/mol. The highest BCUT2D eigenvalue weighted by atomic mass is 16.6. The maximum absolute atomic E-state index is 15.1. The molecule has 2 saturated heterocycles. The van der Waals surface area contributed by atoms with Gasteiger partial charge in [0.1, 0.15) is 11.6 Å². The molecule has 3 atom stereocenters. The molecule has 0 bridgehead atoms. The largest absolute Gasteiger partial charge is 0.394 e. The molecular formula is C33H35N3O6. The van der Waals surface area contributed by atoms with E-state index in [0.717, 1.165) is 16.7 Å². The summed E-state index contributed by atoms with van der Waals surface area (Å²) < 4.78 is 14.8. The highest BCUT2D eigenvalue weighted by Gasteiger charge is 2.53. The molecule has 9 heteroatoms. The summed E-state index contributed by atoms with van der Waals surface area (Å²) in [4.78, 5) is 31.4. The van der Waals surface area contributed by atoms with Gasteiger partial charge in [-0.25, -0.2) is 9.36 Å². The molecule has 3 aromatic carbocycles. The number of aliphatic hydroxyl groups is 2. The average Bonchev–Trinajstić information content (AvgIpc) is 3.39. The fraction of sp³-hybridized carbons (Fsp3) is 0.333. The molecule has 9 nitrogen and oxygen atoms in total. The minimum Gasteiger partial charge on any atom is -0.394 e. The van der Waals surface area contributed by atoms with E-state index in [2.05, 4.69) is 0 Å². The zero-order chi connectivity index (χ0) is 29.3. The van der Waals surface area contributed by atoms with E-state index < -0.39 is 41.5 Å². The van der Waals surface area contributed by atoms with Crippen molar-refractivity contribution in [2.75, 3.05) is 32.9 Å². The van der Waals surface area contributed by atoms with Crippen molar-refractivity contribution in [1.82, 2.24) is 14.0 Å². The molecule has 6 rings (SSSR count). The van der Waals surface area contributed by atoms with Crippen LogP contribution in [0.2, 0.25) is 0 Å².